The van der Waals surface area contributed by atoms with Crippen LogP contribution in [0.5, 0.6) is 5.75 Å². The Labute approximate surface area is 134 Å². The van der Waals surface area contributed by atoms with Crippen molar-refractivity contribution in [3.8, 4) is 5.75 Å². The lowest BCUT2D eigenvalue weighted by Crippen LogP contribution is -2.40. The summed E-state index contributed by atoms with van der Waals surface area (Å²) in [5, 5.41) is 2.80. The Bertz CT molecular complexity index is 725. The van der Waals surface area contributed by atoms with E-state index in [2.05, 4.69) is 5.32 Å². The van der Waals surface area contributed by atoms with E-state index in [1.54, 1.807) is 36.3 Å². The van der Waals surface area contributed by atoms with E-state index in [1.165, 1.54) is 0 Å². The van der Waals surface area contributed by atoms with Crippen molar-refractivity contribution in [2.24, 2.45) is 0 Å². The Morgan fingerprint density at radius 1 is 1.13 bits per heavy atom. The summed E-state index contributed by atoms with van der Waals surface area (Å²) in [5.41, 5.74) is 2.60. The number of hydrogen-bond donors (Lipinski definition) is 1. The van der Waals surface area contributed by atoms with Crippen molar-refractivity contribution in [1.82, 2.24) is 0 Å². The van der Waals surface area contributed by atoms with Crippen molar-refractivity contribution in [1.29, 1.82) is 0 Å². The predicted octanol–water partition coefficient (Wildman–Crippen LogP) is 2.61. The first-order chi connectivity index (χ1) is 11.2. The van der Waals surface area contributed by atoms with Crippen molar-refractivity contribution >= 4 is 23.2 Å². The minimum absolute atomic E-state index is 0.0157. The largest absolute Gasteiger partial charge is 0.497 e. The highest BCUT2D eigenvalue weighted by atomic mass is 16.5. The molecule has 0 saturated carbocycles. The second-order valence-electron chi connectivity index (χ2n) is 5.39. The number of anilines is 2. The van der Waals surface area contributed by atoms with Gasteiger partial charge < -0.3 is 15.0 Å². The maximum absolute atomic E-state index is 12.3. The van der Waals surface area contributed by atoms with Crippen LogP contribution in [-0.2, 0) is 16.0 Å². The van der Waals surface area contributed by atoms with Crippen LogP contribution >= 0.6 is 0 Å². The van der Waals surface area contributed by atoms with Crippen LogP contribution in [0.4, 0.5) is 11.4 Å². The van der Waals surface area contributed by atoms with Crippen molar-refractivity contribution in [3.63, 3.8) is 0 Å². The van der Waals surface area contributed by atoms with E-state index in [4.69, 9.17) is 4.74 Å². The molecule has 0 atom stereocenters. The standard InChI is InChI=1S/C18H18N2O3/c1-23-15-9-7-14(8-10-15)19-17(21)12-20-16-5-3-2-4-13(16)6-11-18(20)22/h2-5,7-10H,6,11-12H2,1H3,(H,19,21). The number of para-hydroxylation sites is 1. The topological polar surface area (TPSA) is 58.6 Å². The number of fused-ring (bicyclic) bond motifs is 1. The first-order valence-electron chi connectivity index (χ1n) is 7.49. The van der Waals surface area contributed by atoms with Crippen LogP contribution in [0.25, 0.3) is 0 Å². The predicted molar refractivity (Wildman–Crippen MR) is 88.7 cm³/mol. The van der Waals surface area contributed by atoms with Crippen LogP contribution in [0.3, 0.4) is 0 Å². The number of nitrogens with zero attached hydrogens (tertiary/aromatic N) is 1. The number of rotatable bonds is 4. The number of carbonyl (C=O) groups excluding carboxylic acids is 2. The van der Waals surface area contributed by atoms with E-state index in [-0.39, 0.29) is 18.4 Å². The Hall–Kier alpha value is -2.82. The molecular formula is C18H18N2O3. The summed E-state index contributed by atoms with van der Waals surface area (Å²) in [7, 11) is 1.59. The van der Waals surface area contributed by atoms with Crippen LogP contribution in [0.15, 0.2) is 48.5 Å². The summed E-state index contributed by atoms with van der Waals surface area (Å²) in [6.45, 7) is 0.0157. The fourth-order valence-electron chi connectivity index (χ4n) is 2.69. The fraction of sp³-hybridized carbons (Fsp3) is 0.222. The number of carbonyl (C=O) groups is 2. The molecule has 0 spiro atoms. The highest BCUT2D eigenvalue weighted by molar-refractivity contribution is 6.04. The molecule has 2 amide bonds. The zero-order chi connectivity index (χ0) is 16.2. The van der Waals surface area contributed by atoms with Crippen LogP contribution in [-0.4, -0.2) is 25.5 Å². The van der Waals surface area contributed by atoms with Gasteiger partial charge in [0.1, 0.15) is 12.3 Å². The first-order valence-corrected chi connectivity index (χ1v) is 7.49. The Kier molecular flexibility index (Phi) is 4.28. The molecule has 5 nitrogen and oxygen atoms in total. The summed E-state index contributed by atoms with van der Waals surface area (Å²) in [6, 6.07) is 14.8. The molecule has 2 aromatic rings. The molecule has 23 heavy (non-hydrogen) atoms. The van der Waals surface area contributed by atoms with E-state index in [0.29, 0.717) is 12.1 Å². The molecule has 2 aromatic carbocycles. The lowest BCUT2D eigenvalue weighted by molar-refractivity contribution is -0.121. The maximum atomic E-state index is 12.3. The molecule has 0 saturated heterocycles. The average molecular weight is 310 g/mol. The molecular weight excluding hydrogens is 292 g/mol. The minimum atomic E-state index is -0.222. The van der Waals surface area contributed by atoms with Gasteiger partial charge in [0, 0.05) is 17.8 Å². The zero-order valence-electron chi connectivity index (χ0n) is 12.9. The molecule has 0 bridgehead atoms. The SMILES string of the molecule is COc1ccc(NC(=O)CN2C(=O)CCc3ccccc32)cc1. The Balaban J connectivity index is 1.71. The smallest absolute Gasteiger partial charge is 0.244 e. The zero-order valence-corrected chi connectivity index (χ0v) is 12.9. The summed E-state index contributed by atoms with van der Waals surface area (Å²) in [4.78, 5) is 26.0. The number of benzene rings is 2. The van der Waals surface area contributed by atoms with Gasteiger partial charge in [-0.25, -0.2) is 0 Å². The summed E-state index contributed by atoms with van der Waals surface area (Å²) >= 11 is 0. The normalized spacial score (nSPS) is 13.4. The maximum Gasteiger partial charge on any atom is 0.244 e. The van der Waals surface area contributed by atoms with E-state index >= 15 is 0 Å². The van der Waals surface area contributed by atoms with Crippen LogP contribution in [0, 0.1) is 0 Å². The van der Waals surface area contributed by atoms with Gasteiger partial charge in [0.05, 0.1) is 7.11 Å². The van der Waals surface area contributed by atoms with E-state index in [1.807, 2.05) is 24.3 Å². The highest BCUT2D eigenvalue weighted by Crippen LogP contribution is 2.27. The number of nitrogens with one attached hydrogen (secondary N) is 1. The first kappa shape index (κ1) is 15.1. The molecule has 1 N–H and O–H groups in total. The summed E-state index contributed by atoms with van der Waals surface area (Å²) < 4.78 is 5.08. The van der Waals surface area contributed by atoms with Crippen molar-refractivity contribution in [2.75, 3.05) is 23.9 Å². The van der Waals surface area contributed by atoms with Gasteiger partial charge in [-0.15, -0.1) is 0 Å². The number of methoxy groups -OCH3 is 1. The lowest BCUT2D eigenvalue weighted by Gasteiger charge is -2.28. The molecule has 0 radical (unpaired) electrons. The quantitative estimate of drug-likeness (QED) is 0.944. The lowest BCUT2D eigenvalue weighted by atomic mass is 10.0. The molecule has 1 aliphatic rings. The molecule has 0 aromatic heterocycles. The molecule has 0 fully saturated rings. The van der Waals surface area contributed by atoms with Gasteiger partial charge in [0.25, 0.3) is 0 Å². The van der Waals surface area contributed by atoms with E-state index in [9.17, 15) is 9.59 Å². The third-order valence-corrected chi connectivity index (χ3v) is 3.87. The number of aryl methyl sites for hydroxylation is 1. The third-order valence-electron chi connectivity index (χ3n) is 3.87. The minimum Gasteiger partial charge on any atom is -0.497 e. The van der Waals surface area contributed by atoms with Crippen molar-refractivity contribution in [2.45, 2.75) is 12.8 Å². The van der Waals surface area contributed by atoms with Crippen LogP contribution in [0.1, 0.15) is 12.0 Å². The Morgan fingerprint density at radius 3 is 2.61 bits per heavy atom. The molecule has 0 aliphatic carbocycles. The Morgan fingerprint density at radius 2 is 1.87 bits per heavy atom. The highest BCUT2D eigenvalue weighted by Gasteiger charge is 2.25. The fourth-order valence-corrected chi connectivity index (χ4v) is 2.69. The van der Waals surface area contributed by atoms with Gasteiger partial charge in [-0.2, -0.15) is 0 Å². The second-order valence-corrected chi connectivity index (χ2v) is 5.39. The van der Waals surface area contributed by atoms with Gasteiger partial charge in [0.15, 0.2) is 0 Å². The van der Waals surface area contributed by atoms with Gasteiger partial charge in [-0.3, -0.25) is 9.59 Å². The van der Waals surface area contributed by atoms with Gasteiger partial charge in [0.2, 0.25) is 11.8 Å². The van der Waals surface area contributed by atoms with Crippen LogP contribution < -0.4 is 15.0 Å². The molecule has 1 heterocycles. The monoisotopic (exact) mass is 310 g/mol. The van der Waals surface area contributed by atoms with Gasteiger partial charge >= 0.3 is 0 Å². The summed E-state index contributed by atoms with van der Waals surface area (Å²) in [6.07, 6.45) is 1.17. The number of amides is 2. The third kappa shape index (κ3) is 3.34. The van der Waals surface area contributed by atoms with Gasteiger partial charge in [-0.05, 0) is 42.3 Å². The van der Waals surface area contributed by atoms with E-state index < -0.39 is 0 Å². The number of ether oxygens (including phenoxy) is 1. The molecule has 5 heteroatoms. The van der Waals surface area contributed by atoms with Crippen molar-refractivity contribution < 1.29 is 14.3 Å². The number of hydrogen-bond acceptors (Lipinski definition) is 3. The molecule has 118 valence electrons. The van der Waals surface area contributed by atoms with E-state index in [0.717, 1.165) is 23.4 Å². The van der Waals surface area contributed by atoms with Gasteiger partial charge in [-0.1, -0.05) is 18.2 Å². The second kappa shape index (κ2) is 6.52. The summed E-state index contributed by atoms with van der Waals surface area (Å²) in [5.74, 6) is 0.483. The van der Waals surface area contributed by atoms with Crippen molar-refractivity contribution in [3.05, 3.63) is 54.1 Å². The molecule has 1 aliphatic heterocycles. The average Bonchev–Trinajstić information content (AvgIpc) is 2.58. The molecule has 3 rings (SSSR count). The van der Waals surface area contributed by atoms with Crippen LogP contribution in [0.2, 0.25) is 0 Å². The molecule has 0 unspecified atom stereocenters.